The first-order chi connectivity index (χ1) is 13.9. The maximum atomic E-state index is 12.5. The Kier molecular flexibility index (Phi) is 5.29. The minimum atomic E-state index is -0.594. The van der Waals surface area contributed by atoms with Crippen LogP contribution in [0.3, 0.4) is 0 Å². The van der Waals surface area contributed by atoms with Crippen molar-refractivity contribution in [1.82, 2.24) is 15.0 Å². The van der Waals surface area contributed by atoms with Crippen LogP contribution in [-0.2, 0) is 20.9 Å². The molecule has 0 saturated carbocycles. The molecule has 1 atom stereocenters. The van der Waals surface area contributed by atoms with E-state index >= 15 is 0 Å². The third kappa shape index (κ3) is 3.99. The highest BCUT2D eigenvalue weighted by atomic mass is 35.5. The molecule has 150 valence electrons. The molecule has 3 aromatic rings. The van der Waals surface area contributed by atoms with Gasteiger partial charge in [0.05, 0.1) is 24.2 Å². The van der Waals surface area contributed by atoms with Crippen LogP contribution in [0.2, 0.25) is 10.2 Å². The highest BCUT2D eigenvalue weighted by Gasteiger charge is 2.37. The van der Waals surface area contributed by atoms with E-state index < -0.39 is 11.9 Å². The van der Waals surface area contributed by atoms with Gasteiger partial charge in [0.2, 0.25) is 5.91 Å². The quantitative estimate of drug-likeness (QED) is 0.488. The van der Waals surface area contributed by atoms with Gasteiger partial charge in [0.25, 0.3) is 0 Å². The fourth-order valence-corrected chi connectivity index (χ4v) is 3.53. The molecule has 10 heteroatoms. The molecule has 2 aromatic heterocycles. The van der Waals surface area contributed by atoms with Gasteiger partial charge in [-0.3, -0.25) is 9.59 Å². The van der Waals surface area contributed by atoms with Crippen LogP contribution >= 0.6 is 23.2 Å². The topological polar surface area (TPSA) is 97.4 Å². The second-order valence-electron chi connectivity index (χ2n) is 6.52. The zero-order valence-corrected chi connectivity index (χ0v) is 16.8. The Morgan fingerprint density at radius 1 is 1.28 bits per heavy atom. The van der Waals surface area contributed by atoms with Crippen LogP contribution in [0.25, 0.3) is 11.2 Å². The number of aromatic amines is 1. The Hall–Kier alpha value is -2.84. The molecule has 0 spiro atoms. The number of hydrogen-bond acceptors (Lipinski definition) is 6. The average Bonchev–Trinajstić information content (AvgIpc) is 3.28. The molecule has 1 fully saturated rings. The van der Waals surface area contributed by atoms with Crippen molar-refractivity contribution in [3.8, 4) is 5.75 Å². The highest BCUT2D eigenvalue weighted by Crippen LogP contribution is 2.35. The van der Waals surface area contributed by atoms with Crippen LogP contribution < -0.4 is 9.64 Å². The van der Waals surface area contributed by atoms with Gasteiger partial charge in [-0.2, -0.15) is 0 Å². The van der Waals surface area contributed by atoms with Gasteiger partial charge in [0, 0.05) is 18.0 Å². The van der Waals surface area contributed by atoms with E-state index in [4.69, 9.17) is 32.7 Å². The molecule has 1 N–H and O–H groups in total. The molecule has 1 aliphatic rings. The van der Waals surface area contributed by atoms with E-state index in [-0.39, 0.29) is 25.5 Å². The number of nitrogens with one attached hydrogen (secondary N) is 1. The molecule has 0 bridgehead atoms. The minimum absolute atomic E-state index is 0.0474. The maximum absolute atomic E-state index is 12.5. The summed E-state index contributed by atoms with van der Waals surface area (Å²) in [5, 5.41) is 0.798. The van der Waals surface area contributed by atoms with Crippen LogP contribution in [0.15, 0.2) is 30.3 Å². The highest BCUT2D eigenvalue weighted by molar-refractivity contribution is 6.31. The summed E-state index contributed by atoms with van der Waals surface area (Å²) in [6.07, 6.45) is 0.0474. The lowest BCUT2D eigenvalue weighted by Crippen LogP contribution is -2.26. The lowest BCUT2D eigenvalue weighted by Gasteiger charge is -2.19. The Bertz CT molecular complexity index is 1100. The monoisotopic (exact) mass is 434 g/mol. The second kappa shape index (κ2) is 7.88. The smallest absolute Gasteiger partial charge is 0.311 e. The summed E-state index contributed by atoms with van der Waals surface area (Å²) >= 11 is 11.9. The number of fused-ring (bicyclic) bond motifs is 1. The van der Waals surface area contributed by atoms with Crippen LogP contribution in [0.4, 0.5) is 5.69 Å². The Labute approximate surface area is 175 Å². The predicted molar refractivity (Wildman–Crippen MR) is 107 cm³/mol. The van der Waals surface area contributed by atoms with Crippen molar-refractivity contribution in [2.45, 2.75) is 13.0 Å². The molecule has 29 heavy (non-hydrogen) atoms. The number of ether oxygens (including phenoxy) is 2. The number of pyridine rings is 1. The summed E-state index contributed by atoms with van der Waals surface area (Å²) in [7, 11) is 1.51. The lowest BCUT2D eigenvalue weighted by molar-refractivity contribution is -0.149. The van der Waals surface area contributed by atoms with Crippen LogP contribution in [-0.4, -0.2) is 40.5 Å². The summed E-state index contributed by atoms with van der Waals surface area (Å²) in [5.74, 6) is -0.322. The first kappa shape index (κ1) is 19.5. The number of aromatic nitrogens is 3. The molecule has 0 radical (unpaired) electrons. The third-order valence-corrected chi connectivity index (χ3v) is 5.05. The fourth-order valence-electron chi connectivity index (χ4n) is 3.22. The Morgan fingerprint density at radius 2 is 2.10 bits per heavy atom. The number of anilines is 1. The number of halogens is 2. The van der Waals surface area contributed by atoms with E-state index in [0.717, 1.165) is 0 Å². The number of methoxy groups -OCH3 is 1. The van der Waals surface area contributed by atoms with Gasteiger partial charge in [-0.25, -0.2) is 9.97 Å². The zero-order valence-electron chi connectivity index (χ0n) is 15.3. The summed E-state index contributed by atoms with van der Waals surface area (Å²) in [5.41, 5.74) is 1.66. The lowest BCUT2D eigenvalue weighted by atomic mass is 10.1. The number of nitrogens with zero attached hydrogens (tertiary/aromatic N) is 3. The SMILES string of the molecule is COc1ccc(Cl)cc1N1CC(C(=O)OCc2nc3nc(Cl)ccc3[nH]2)CC1=O. The molecule has 8 nitrogen and oxygen atoms in total. The summed E-state index contributed by atoms with van der Waals surface area (Å²) < 4.78 is 10.7. The predicted octanol–water partition coefficient (Wildman–Crippen LogP) is 3.37. The van der Waals surface area contributed by atoms with Crippen LogP contribution in [0, 0.1) is 5.92 Å². The minimum Gasteiger partial charge on any atom is -0.495 e. The number of esters is 1. The standard InChI is InChI=1S/C19H16Cl2N4O4/c1-28-14-4-2-11(20)7-13(14)25-8-10(6-17(25)26)19(27)29-9-16-22-12-3-5-15(21)23-18(12)24-16/h2-5,7,10H,6,8-9H2,1H3,(H,22,23,24). The van der Waals surface area contributed by atoms with Gasteiger partial charge in [0.15, 0.2) is 5.65 Å². The molecule has 4 rings (SSSR count). The summed E-state index contributed by atoms with van der Waals surface area (Å²) in [6.45, 7) is 0.129. The van der Waals surface area contributed by atoms with Crippen molar-refractivity contribution in [3.05, 3.63) is 46.3 Å². The molecule has 1 amide bonds. The van der Waals surface area contributed by atoms with Crippen molar-refractivity contribution >= 4 is 51.9 Å². The third-order valence-electron chi connectivity index (χ3n) is 4.60. The van der Waals surface area contributed by atoms with E-state index in [0.29, 0.717) is 38.6 Å². The van der Waals surface area contributed by atoms with Gasteiger partial charge < -0.3 is 19.4 Å². The normalized spacial score (nSPS) is 16.4. The van der Waals surface area contributed by atoms with Crippen molar-refractivity contribution in [2.75, 3.05) is 18.6 Å². The number of carbonyl (C=O) groups is 2. The number of benzene rings is 1. The number of H-pyrrole nitrogens is 1. The van der Waals surface area contributed by atoms with Crippen molar-refractivity contribution in [1.29, 1.82) is 0 Å². The zero-order chi connectivity index (χ0) is 20.5. The van der Waals surface area contributed by atoms with E-state index in [9.17, 15) is 9.59 Å². The van der Waals surface area contributed by atoms with Crippen LogP contribution in [0.5, 0.6) is 5.75 Å². The Morgan fingerprint density at radius 3 is 2.90 bits per heavy atom. The molecular weight excluding hydrogens is 419 g/mol. The van der Waals surface area contributed by atoms with Crippen molar-refractivity contribution in [2.24, 2.45) is 5.92 Å². The second-order valence-corrected chi connectivity index (χ2v) is 7.34. The number of carbonyl (C=O) groups excluding carboxylic acids is 2. The molecule has 1 saturated heterocycles. The van der Waals surface area contributed by atoms with Crippen molar-refractivity contribution < 1.29 is 19.1 Å². The van der Waals surface area contributed by atoms with E-state index in [1.807, 2.05) is 0 Å². The fraction of sp³-hybridized carbons (Fsp3) is 0.263. The first-order valence-corrected chi connectivity index (χ1v) is 9.52. The van der Waals surface area contributed by atoms with Crippen molar-refractivity contribution in [3.63, 3.8) is 0 Å². The Balaban J connectivity index is 1.43. The van der Waals surface area contributed by atoms with Gasteiger partial charge in [0.1, 0.15) is 23.3 Å². The molecular formula is C19H16Cl2N4O4. The largest absolute Gasteiger partial charge is 0.495 e. The molecule has 1 unspecified atom stereocenters. The van der Waals surface area contributed by atoms with E-state index in [1.54, 1.807) is 30.3 Å². The number of hydrogen-bond donors (Lipinski definition) is 1. The van der Waals surface area contributed by atoms with Crippen LogP contribution in [0.1, 0.15) is 12.2 Å². The van der Waals surface area contributed by atoms with Gasteiger partial charge >= 0.3 is 5.97 Å². The van der Waals surface area contributed by atoms with Gasteiger partial charge in [-0.05, 0) is 30.3 Å². The average molecular weight is 435 g/mol. The number of amides is 1. The molecule has 0 aliphatic carbocycles. The van der Waals surface area contributed by atoms with Gasteiger partial charge in [-0.15, -0.1) is 0 Å². The first-order valence-electron chi connectivity index (χ1n) is 8.76. The molecule has 1 aliphatic heterocycles. The molecule has 3 heterocycles. The van der Waals surface area contributed by atoms with E-state index in [2.05, 4.69) is 15.0 Å². The van der Waals surface area contributed by atoms with E-state index in [1.165, 1.54) is 12.0 Å². The maximum Gasteiger partial charge on any atom is 0.311 e. The number of rotatable bonds is 5. The van der Waals surface area contributed by atoms with Gasteiger partial charge in [-0.1, -0.05) is 23.2 Å². The number of imidazole rings is 1. The molecule has 1 aromatic carbocycles. The summed E-state index contributed by atoms with van der Waals surface area (Å²) in [6, 6.07) is 8.37. The summed E-state index contributed by atoms with van der Waals surface area (Å²) in [4.78, 5) is 37.8.